The van der Waals surface area contributed by atoms with Gasteiger partial charge in [0.2, 0.25) is 0 Å². The summed E-state index contributed by atoms with van der Waals surface area (Å²) in [6.45, 7) is 2.60. The standard InChI is InChI=1S/C11H16FN3O2/c1-2-17-10-4-3-8(7-9(10)12)5-6-14-11(16)15-13/h3-4,7H,2,5-6,13H2,1H3,(H2,14,15,16). The van der Waals surface area contributed by atoms with E-state index in [1.807, 2.05) is 5.43 Å². The van der Waals surface area contributed by atoms with Crippen molar-refractivity contribution in [3.8, 4) is 5.75 Å². The summed E-state index contributed by atoms with van der Waals surface area (Å²) in [6, 6.07) is 4.27. The number of carbonyl (C=O) groups is 1. The van der Waals surface area contributed by atoms with Crippen LogP contribution in [0.1, 0.15) is 12.5 Å². The molecule has 1 aromatic carbocycles. The zero-order chi connectivity index (χ0) is 12.7. The van der Waals surface area contributed by atoms with Crippen molar-refractivity contribution in [3.05, 3.63) is 29.6 Å². The van der Waals surface area contributed by atoms with Crippen molar-refractivity contribution in [2.24, 2.45) is 5.84 Å². The van der Waals surface area contributed by atoms with Crippen LogP contribution in [0.3, 0.4) is 0 Å². The lowest BCUT2D eigenvalue weighted by molar-refractivity contribution is 0.241. The summed E-state index contributed by atoms with van der Waals surface area (Å²) in [4.78, 5) is 10.8. The molecule has 0 spiro atoms. The first-order chi connectivity index (χ1) is 8.17. The van der Waals surface area contributed by atoms with Crippen LogP contribution in [0.5, 0.6) is 5.75 Å². The van der Waals surface area contributed by atoms with E-state index in [-0.39, 0.29) is 5.75 Å². The van der Waals surface area contributed by atoms with E-state index in [0.29, 0.717) is 19.6 Å². The fraction of sp³-hybridized carbons (Fsp3) is 0.364. The number of halogens is 1. The van der Waals surface area contributed by atoms with Gasteiger partial charge in [-0.1, -0.05) is 6.07 Å². The van der Waals surface area contributed by atoms with E-state index in [9.17, 15) is 9.18 Å². The first kappa shape index (κ1) is 13.2. The van der Waals surface area contributed by atoms with Gasteiger partial charge in [0.05, 0.1) is 6.61 Å². The molecule has 17 heavy (non-hydrogen) atoms. The Morgan fingerprint density at radius 1 is 1.53 bits per heavy atom. The molecule has 5 nitrogen and oxygen atoms in total. The number of amides is 2. The van der Waals surface area contributed by atoms with Gasteiger partial charge in [-0.05, 0) is 31.0 Å². The second-order valence-electron chi connectivity index (χ2n) is 3.35. The summed E-state index contributed by atoms with van der Waals surface area (Å²) >= 11 is 0. The van der Waals surface area contributed by atoms with Crippen LogP contribution in [-0.4, -0.2) is 19.2 Å². The molecule has 4 N–H and O–H groups in total. The minimum atomic E-state index is -0.462. The lowest BCUT2D eigenvalue weighted by atomic mass is 10.1. The Bertz CT molecular complexity index is 385. The number of benzene rings is 1. The van der Waals surface area contributed by atoms with Gasteiger partial charge >= 0.3 is 6.03 Å². The van der Waals surface area contributed by atoms with E-state index in [4.69, 9.17) is 10.6 Å². The van der Waals surface area contributed by atoms with Crippen LogP contribution in [0.25, 0.3) is 0 Å². The van der Waals surface area contributed by atoms with Gasteiger partial charge < -0.3 is 10.1 Å². The van der Waals surface area contributed by atoms with Crippen molar-refractivity contribution in [1.82, 2.24) is 10.7 Å². The minimum Gasteiger partial charge on any atom is -0.491 e. The maximum Gasteiger partial charge on any atom is 0.328 e. The van der Waals surface area contributed by atoms with Gasteiger partial charge in [-0.2, -0.15) is 0 Å². The van der Waals surface area contributed by atoms with Gasteiger partial charge in [0, 0.05) is 6.54 Å². The van der Waals surface area contributed by atoms with E-state index in [2.05, 4.69) is 5.32 Å². The molecule has 1 rings (SSSR count). The normalized spacial score (nSPS) is 9.82. The first-order valence-electron chi connectivity index (χ1n) is 5.33. The molecule has 94 valence electrons. The largest absolute Gasteiger partial charge is 0.491 e. The summed E-state index contributed by atoms with van der Waals surface area (Å²) in [5.41, 5.74) is 2.73. The molecular formula is C11H16FN3O2. The molecule has 0 atom stereocenters. The summed E-state index contributed by atoms with van der Waals surface area (Å²) in [6.07, 6.45) is 0.525. The number of urea groups is 1. The van der Waals surface area contributed by atoms with E-state index in [1.165, 1.54) is 6.07 Å². The summed E-state index contributed by atoms with van der Waals surface area (Å²) in [5, 5.41) is 2.51. The molecule has 0 fully saturated rings. The van der Waals surface area contributed by atoms with Gasteiger partial charge in [0.1, 0.15) is 0 Å². The lowest BCUT2D eigenvalue weighted by Crippen LogP contribution is -2.40. The molecule has 0 bridgehead atoms. The number of nitrogens with two attached hydrogens (primary N) is 1. The lowest BCUT2D eigenvalue weighted by Gasteiger charge is -2.07. The van der Waals surface area contributed by atoms with Crippen molar-refractivity contribution < 1.29 is 13.9 Å². The maximum absolute atomic E-state index is 13.4. The SMILES string of the molecule is CCOc1ccc(CCNC(=O)NN)cc1F. The maximum atomic E-state index is 13.4. The number of hydrogen-bond donors (Lipinski definition) is 3. The van der Waals surface area contributed by atoms with Crippen LogP contribution in [-0.2, 0) is 6.42 Å². The molecule has 2 amide bonds. The van der Waals surface area contributed by atoms with Crippen molar-refractivity contribution >= 4 is 6.03 Å². The molecule has 0 unspecified atom stereocenters. The third-order valence-electron chi connectivity index (χ3n) is 2.13. The van der Waals surface area contributed by atoms with Gasteiger partial charge in [-0.3, -0.25) is 5.43 Å². The number of hydrazine groups is 1. The average molecular weight is 241 g/mol. The monoisotopic (exact) mass is 241 g/mol. The highest BCUT2D eigenvalue weighted by Gasteiger charge is 2.04. The quantitative estimate of drug-likeness (QED) is 0.408. The highest BCUT2D eigenvalue weighted by Crippen LogP contribution is 2.18. The fourth-order valence-electron chi connectivity index (χ4n) is 1.34. The molecule has 1 aromatic rings. The van der Waals surface area contributed by atoms with Crippen molar-refractivity contribution in [2.75, 3.05) is 13.2 Å². The molecule has 0 aliphatic carbocycles. The highest BCUT2D eigenvalue weighted by atomic mass is 19.1. The summed E-state index contributed by atoms with van der Waals surface area (Å²) < 4.78 is 18.5. The average Bonchev–Trinajstić information content (AvgIpc) is 2.32. The summed E-state index contributed by atoms with van der Waals surface area (Å²) in [7, 11) is 0. The number of ether oxygens (including phenoxy) is 1. The Morgan fingerprint density at radius 2 is 2.29 bits per heavy atom. The number of rotatable bonds is 5. The zero-order valence-electron chi connectivity index (χ0n) is 9.63. The third kappa shape index (κ3) is 4.28. The molecule has 0 saturated carbocycles. The van der Waals surface area contributed by atoms with E-state index in [0.717, 1.165) is 5.56 Å². The molecule has 0 radical (unpaired) electrons. The van der Waals surface area contributed by atoms with Crippen LogP contribution in [0.15, 0.2) is 18.2 Å². The van der Waals surface area contributed by atoms with E-state index < -0.39 is 11.8 Å². The molecule has 0 aliphatic rings. The number of nitrogens with one attached hydrogen (secondary N) is 2. The van der Waals surface area contributed by atoms with Crippen LogP contribution < -0.4 is 21.3 Å². The molecule has 0 saturated heterocycles. The molecular weight excluding hydrogens is 225 g/mol. The molecule has 6 heteroatoms. The predicted molar refractivity (Wildman–Crippen MR) is 62.0 cm³/mol. The summed E-state index contributed by atoms with van der Waals surface area (Å²) in [5.74, 6) is 4.73. The third-order valence-corrected chi connectivity index (χ3v) is 2.13. The number of carbonyl (C=O) groups excluding carboxylic acids is 1. The fourth-order valence-corrected chi connectivity index (χ4v) is 1.34. The Morgan fingerprint density at radius 3 is 2.88 bits per heavy atom. The van der Waals surface area contributed by atoms with Crippen molar-refractivity contribution in [3.63, 3.8) is 0 Å². The first-order valence-corrected chi connectivity index (χ1v) is 5.33. The van der Waals surface area contributed by atoms with Gasteiger partial charge in [-0.15, -0.1) is 0 Å². The number of hydrogen-bond acceptors (Lipinski definition) is 3. The van der Waals surface area contributed by atoms with Gasteiger partial charge in [0.15, 0.2) is 11.6 Å². The molecule has 0 aromatic heterocycles. The van der Waals surface area contributed by atoms with Gasteiger partial charge in [-0.25, -0.2) is 15.0 Å². The second kappa shape index (κ2) is 6.70. The topological polar surface area (TPSA) is 76.4 Å². The Hall–Kier alpha value is -1.82. The van der Waals surface area contributed by atoms with Crippen LogP contribution in [0, 0.1) is 5.82 Å². The smallest absolute Gasteiger partial charge is 0.328 e. The van der Waals surface area contributed by atoms with Crippen molar-refractivity contribution in [2.45, 2.75) is 13.3 Å². The van der Waals surface area contributed by atoms with E-state index >= 15 is 0 Å². The Labute approximate surface area is 99.1 Å². The highest BCUT2D eigenvalue weighted by molar-refractivity contribution is 5.72. The minimum absolute atomic E-state index is 0.240. The molecule has 0 heterocycles. The van der Waals surface area contributed by atoms with Crippen LogP contribution in [0.2, 0.25) is 0 Å². The Kier molecular flexibility index (Phi) is 5.22. The second-order valence-corrected chi connectivity index (χ2v) is 3.35. The van der Waals surface area contributed by atoms with E-state index in [1.54, 1.807) is 19.1 Å². The Balaban J connectivity index is 2.50. The van der Waals surface area contributed by atoms with Crippen LogP contribution in [0.4, 0.5) is 9.18 Å². The predicted octanol–water partition coefficient (Wildman–Crippen LogP) is 0.940. The van der Waals surface area contributed by atoms with Gasteiger partial charge in [0.25, 0.3) is 0 Å². The zero-order valence-corrected chi connectivity index (χ0v) is 9.63. The molecule has 0 aliphatic heterocycles. The van der Waals surface area contributed by atoms with Crippen molar-refractivity contribution in [1.29, 1.82) is 0 Å². The van der Waals surface area contributed by atoms with Crippen LogP contribution >= 0.6 is 0 Å².